The summed E-state index contributed by atoms with van der Waals surface area (Å²) < 4.78 is 0. The van der Waals surface area contributed by atoms with Crippen molar-refractivity contribution >= 4 is 37.1 Å². The molecule has 0 saturated carbocycles. The van der Waals surface area contributed by atoms with Gasteiger partial charge in [-0.05, 0) is 322 Å². The molecular formula is C122H152P2. The summed E-state index contributed by atoms with van der Waals surface area (Å²) in [4.78, 5) is 0. The molecule has 0 atom stereocenters. The van der Waals surface area contributed by atoms with Gasteiger partial charge in [-0.1, -0.05) is 440 Å². The molecule has 0 aromatic heterocycles. The fraction of sp³-hybridized carbons (Fsp3) is 0.410. The third kappa shape index (κ3) is 18.8. The van der Waals surface area contributed by atoms with Crippen LogP contribution in [-0.4, -0.2) is 12.3 Å². The van der Waals surface area contributed by atoms with Crippen molar-refractivity contribution in [3.63, 3.8) is 0 Å². The van der Waals surface area contributed by atoms with Crippen molar-refractivity contribution in [1.29, 1.82) is 0 Å². The van der Waals surface area contributed by atoms with Gasteiger partial charge in [-0.3, -0.25) is 0 Å². The zero-order valence-corrected chi connectivity index (χ0v) is 84.1. The highest BCUT2D eigenvalue weighted by Gasteiger charge is 2.40. The molecule has 0 unspecified atom stereocenters. The van der Waals surface area contributed by atoms with Crippen molar-refractivity contribution in [2.45, 2.75) is 316 Å². The Bertz CT molecular complexity index is 4500. The summed E-state index contributed by atoms with van der Waals surface area (Å²) in [5.41, 5.74) is 45.1. The predicted molar refractivity (Wildman–Crippen MR) is 557 cm³/mol. The van der Waals surface area contributed by atoms with Crippen molar-refractivity contribution in [3.8, 4) is 89.0 Å². The van der Waals surface area contributed by atoms with Crippen molar-refractivity contribution < 1.29 is 0 Å². The minimum atomic E-state index is -1.57. The summed E-state index contributed by atoms with van der Waals surface area (Å²) in [5.74, 6) is 3.66. The molecule has 0 saturated heterocycles. The average molecular weight is 1680 g/mol. The Morgan fingerprint density at radius 2 is 0.210 bits per heavy atom. The Balaban J connectivity index is 1.48. The van der Waals surface area contributed by atoms with Gasteiger partial charge in [0.1, 0.15) is 0 Å². The van der Waals surface area contributed by atoms with E-state index >= 15 is 0 Å². The number of hydrogen-bond acceptors (Lipinski definition) is 0. The number of hydrogen-bond donors (Lipinski definition) is 0. The zero-order valence-electron chi connectivity index (χ0n) is 82.3. The van der Waals surface area contributed by atoms with E-state index in [1.165, 1.54) is 199 Å². The van der Waals surface area contributed by atoms with Crippen LogP contribution in [0.3, 0.4) is 0 Å². The van der Waals surface area contributed by atoms with E-state index in [1.54, 1.807) is 0 Å². The van der Waals surface area contributed by atoms with Crippen LogP contribution in [-0.2, 0) is 0 Å². The topological polar surface area (TPSA) is 0 Å². The monoisotopic (exact) mass is 1680 g/mol. The highest BCUT2D eigenvalue weighted by atomic mass is 31.1. The van der Waals surface area contributed by atoms with E-state index in [9.17, 15) is 0 Å². The lowest BCUT2D eigenvalue weighted by Gasteiger charge is -2.37. The van der Waals surface area contributed by atoms with Crippen LogP contribution in [0.1, 0.15) is 405 Å². The van der Waals surface area contributed by atoms with Gasteiger partial charge in [0.05, 0.1) is 0 Å². The minimum Gasteiger partial charge on any atom is -0.0617 e. The number of rotatable bonds is 31. The van der Waals surface area contributed by atoms with Gasteiger partial charge in [0.2, 0.25) is 0 Å². The van der Waals surface area contributed by atoms with E-state index in [4.69, 9.17) is 0 Å². The van der Waals surface area contributed by atoms with Crippen molar-refractivity contribution in [3.05, 3.63) is 307 Å². The first-order valence-electron chi connectivity index (χ1n) is 48.0. The maximum Gasteiger partial charge on any atom is -0.00380 e. The zero-order chi connectivity index (χ0) is 90.0. The molecular weight excluding hydrogens is 1530 g/mol. The maximum absolute atomic E-state index is 2.64. The van der Waals surface area contributed by atoms with E-state index in [2.05, 4.69) is 440 Å². The molecule has 12 rings (SSSR count). The molecule has 0 N–H and O–H groups in total. The van der Waals surface area contributed by atoms with Gasteiger partial charge in [0.15, 0.2) is 0 Å². The van der Waals surface area contributed by atoms with Crippen LogP contribution < -0.4 is 21.2 Å². The lowest BCUT2D eigenvalue weighted by molar-refractivity contribution is 0.837. The molecule has 0 aliphatic heterocycles. The van der Waals surface area contributed by atoms with E-state index in [0.717, 1.165) is 12.3 Å². The molecule has 2 heteroatoms. The lowest BCUT2D eigenvalue weighted by Crippen LogP contribution is -2.28. The summed E-state index contributed by atoms with van der Waals surface area (Å²) in [6, 6.07) is 90.3. The highest BCUT2D eigenvalue weighted by Crippen LogP contribution is 2.59. The van der Waals surface area contributed by atoms with Crippen molar-refractivity contribution in [2.75, 3.05) is 12.3 Å². The van der Waals surface area contributed by atoms with E-state index in [0.29, 0.717) is 0 Å². The summed E-state index contributed by atoms with van der Waals surface area (Å²) in [7, 11) is -3.13. The van der Waals surface area contributed by atoms with Crippen molar-refractivity contribution in [1.82, 2.24) is 0 Å². The van der Waals surface area contributed by atoms with Crippen molar-refractivity contribution in [2.24, 2.45) is 0 Å². The smallest absolute Gasteiger partial charge is 0.00380 e. The van der Waals surface area contributed by atoms with Gasteiger partial charge in [0, 0.05) is 0 Å². The van der Waals surface area contributed by atoms with Gasteiger partial charge in [-0.2, -0.15) is 0 Å². The molecule has 0 amide bonds. The third-order valence-electron chi connectivity index (χ3n) is 26.9. The third-order valence-corrected chi connectivity index (χ3v) is 32.7. The van der Waals surface area contributed by atoms with E-state index in [-0.39, 0.29) is 94.7 Å². The minimum absolute atomic E-state index is 0.229. The molecule has 12 aromatic rings. The lowest BCUT2D eigenvalue weighted by atomic mass is 9.81. The first kappa shape index (κ1) is 94.6. The molecule has 0 aliphatic rings. The van der Waals surface area contributed by atoms with Crippen LogP contribution in [0.5, 0.6) is 0 Å². The van der Waals surface area contributed by atoms with Crippen LogP contribution in [0.2, 0.25) is 0 Å². The normalized spacial score (nSPS) is 12.4. The Morgan fingerprint density at radius 3 is 0.290 bits per heavy atom. The summed E-state index contributed by atoms with van der Waals surface area (Å²) in [6.07, 6.45) is 1.72. The molecule has 12 aromatic carbocycles. The predicted octanol–water partition coefficient (Wildman–Crippen LogP) is 36.6. The van der Waals surface area contributed by atoms with Gasteiger partial charge < -0.3 is 0 Å². The van der Waals surface area contributed by atoms with Gasteiger partial charge in [-0.25, -0.2) is 0 Å². The molecule has 0 bridgehead atoms. The second-order valence-electron chi connectivity index (χ2n) is 41.1. The van der Waals surface area contributed by atoms with Gasteiger partial charge in [0.25, 0.3) is 0 Å². The molecule has 0 heterocycles. The Kier molecular flexibility index (Phi) is 30.7. The van der Waals surface area contributed by atoms with E-state index < -0.39 is 15.8 Å². The second kappa shape index (κ2) is 40.2. The SMILES string of the molecule is CC(C)c1cccc(C(C)C)c1-c1cccc(-c2c(C(C)C)cccc2C(C)C)c1P(CCP(c1c(-c2c(C(C)C)cccc2C(C)C)cccc1-c1c(C(C)C)cccc1C(C)C)c1c(-c2c(C(C)C)cccc2C(C)C)cccc1-c1c(C(C)C)cccc1C(C)C)c1c(-c2c(C(C)C)cccc2C(C)C)cccc1-c1c(C(C)C)cccc1C(C)C. The number of benzene rings is 12. The van der Waals surface area contributed by atoms with E-state index in [1.807, 2.05) is 0 Å². The Labute approximate surface area is 756 Å². The maximum atomic E-state index is 2.64. The molecule has 0 radical (unpaired) electrons. The second-order valence-corrected chi connectivity index (χ2v) is 45.5. The van der Waals surface area contributed by atoms with Crippen LogP contribution >= 0.6 is 15.8 Å². The molecule has 0 fully saturated rings. The molecule has 0 spiro atoms. The summed E-state index contributed by atoms with van der Waals surface area (Å²) >= 11 is 0. The Hall–Kier alpha value is -8.50. The van der Waals surface area contributed by atoms with Gasteiger partial charge >= 0.3 is 0 Å². The van der Waals surface area contributed by atoms with Crippen LogP contribution in [0.4, 0.5) is 0 Å². The van der Waals surface area contributed by atoms with Crippen LogP contribution in [0.15, 0.2) is 218 Å². The highest BCUT2D eigenvalue weighted by molar-refractivity contribution is 7.77. The quantitative estimate of drug-likeness (QED) is 0.0380. The average Bonchev–Trinajstić information content (AvgIpc) is 0.722. The molecule has 124 heavy (non-hydrogen) atoms. The summed E-state index contributed by atoms with van der Waals surface area (Å²) in [6.45, 7) is 78.9. The standard InChI is InChI=1S/C122H152P2/c1-71(2)87-45-33-46-88(72(3)4)111(87)103-61-41-62-104(112-89(73(5)6)47-34-48-90(112)74(7)8)119(103)123(120-105(113-91(75(9)10)49-35-50-92(113)76(11)12)63-42-64-106(120)114-93(77(13)14)51-36-52-94(114)78(15)16)69-70-124(121-107(115-95(79(17)18)53-37-54-96(115)80(19)20)65-43-66-108(121)116-97(81(21)22)55-38-56-98(116)82(23)24)122-109(117-99(83(25)26)57-39-58-100(117)84(27)28)67-44-68-110(122)118-101(85(29)30)59-40-60-102(118)86(31)32/h33-68,71-86H,69-70H2,1-32H3. The molecule has 0 aliphatic carbocycles. The molecule has 0 nitrogen and oxygen atoms in total. The largest absolute Gasteiger partial charge is 0.0617 e. The molecule has 650 valence electrons. The summed E-state index contributed by atoms with van der Waals surface area (Å²) in [5, 5.41) is 6.03. The first-order chi connectivity index (χ1) is 58.9. The van der Waals surface area contributed by atoms with Crippen LogP contribution in [0.25, 0.3) is 89.0 Å². The first-order valence-corrected chi connectivity index (χ1v) is 51.1. The fourth-order valence-electron chi connectivity index (χ4n) is 20.7. The van der Waals surface area contributed by atoms with Crippen LogP contribution in [0, 0.1) is 0 Å². The Morgan fingerprint density at radius 1 is 0.129 bits per heavy atom. The fourth-order valence-corrected chi connectivity index (χ4v) is 27.5. The van der Waals surface area contributed by atoms with Gasteiger partial charge in [-0.15, -0.1) is 0 Å².